The zero-order valence-corrected chi connectivity index (χ0v) is 8.86. The van der Waals surface area contributed by atoms with Crippen LogP contribution in [0.5, 0.6) is 0 Å². The van der Waals surface area contributed by atoms with Gasteiger partial charge < -0.3 is 0 Å². The summed E-state index contributed by atoms with van der Waals surface area (Å²) in [5.74, 6) is 0. The number of rotatable bonds is 2. The van der Waals surface area contributed by atoms with Crippen molar-refractivity contribution in [2.75, 3.05) is 0 Å². The van der Waals surface area contributed by atoms with Crippen LogP contribution in [0.4, 0.5) is 0 Å². The van der Waals surface area contributed by atoms with Gasteiger partial charge in [0.25, 0.3) is 0 Å². The van der Waals surface area contributed by atoms with Gasteiger partial charge in [-0.15, -0.1) is 24.8 Å². The third-order valence-corrected chi connectivity index (χ3v) is 1.68. The summed E-state index contributed by atoms with van der Waals surface area (Å²) in [6.07, 6.45) is 9.07. The van der Waals surface area contributed by atoms with Crippen LogP contribution >= 0.6 is 24.8 Å². The van der Waals surface area contributed by atoms with Crippen molar-refractivity contribution in [3.05, 3.63) is 23.8 Å². The zero-order valence-electron chi connectivity index (χ0n) is 5.67. The van der Waals surface area contributed by atoms with Crippen LogP contribution in [-0.2, 0) is 20.4 Å². The molecular weight excluding hydrogens is 203 g/mol. The summed E-state index contributed by atoms with van der Waals surface area (Å²) in [4.78, 5) is 0. The fraction of sp³-hybridized carbons (Fsp3) is 0.429. The second-order valence-electron chi connectivity index (χ2n) is 1.96. The van der Waals surface area contributed by atoms with E-state index in [1.807, 2.05) is 0 Å². The average molecular weight is 214 g/mol. The van der Waals surface area contributed by atoms with Gasteiger partial charge in [0.1, 0.15) is 0 Å². The molecule has 0 amide bonds. The van der Waals surface area contributed by atoms with Gasteiger partial charge in [-0.1, -0.05) is 0 Å². The molecule has 0 aromatic rings. The van der Waals surface area contributed by atoms with Crippen molar-refractivity contribution in [1.82, 2.24) is 0 Å². The van der Waals surface area contributed by atoms with E-state index >= 15 is 0 Å². The Bertz CT molecular complexity index is 130. The second-order valence-corrected chi connectivity index (χ2v) is 2.74. The van der Waals surface area contributed by atoms with Crippen LogP contribution in [0.2, 0.25) is 4.73 Å². The van der Waals surface area contributed by atoms with E-state index in [2.05, 4.69) is 38.7 Å². The predicted molar refractivity (Wildman–Crippen MR) is 45.8 cm³/mol. The summed E-state index contributed by atoms with van der Waals surface area (Å²) in [6, 6.07) is 0. The topological polar surface area (TPSA) is 0 Å². The third kappa shape index (κ3) is 4.57. The molecule has 3 heteroatoms. The van der Waals surface area contributed by atoms with Crippen LogP contribution in [0.25, 0.3) is 0 Å². The number of hydrogen-bond acceptors (Lipinski definition) is 0. The Morgan fingerprint density at radius 2 is 2.10 bits per heavy atom. The quantitative estimate of drug-likeness (QED) is 0.619. The van der Waals surface area contributed by atoms with E-state index in [1.165, 1.54) is 17.6 Å². The summed E-state index contributed by atoms with van der Waals surface area (Å²) in [6.45, 7) is 0. The van der Waals surface area contributed by atoms with Crippen molar-refractivity contribution in [3.8, 4) is 0 Å². The normalized spacial score (nSPS) is 13.3. The summed E-state index contributed by atoms with van der Waals surface area (Å²) in [5, 5.41) is 0. The van der Waals surface area contributed by atoms with Crippen molar-refractivity contribution < 1.29 is 20.4 Å². The fourth-order valence-electron chi connectivity index (χ4n) is 0.838. The van der Waals surface area contributed by atoms with Crippen LogP contribution in [0.15, 0.2) is 23.8 Å². The number of allylic oxidation sites excluding steroid dienone is 4. The molecule has 0 aromatic carbocycles. The maximum absolute atomic E-state index is 2.23. The van der Waals surface area contributed by atoms with Crippen LogP contribution in [0, 0.1) is 0 Å². The monoisotopic (exact) mass is 213 g/mol. The van der Waals surface area contributed by atoms with Gasteiger partial charge in [-0.25, -0.2) is 0 Å². The molecule has 0 saturated carbocycles. The molecule has 0 N–H and O–H groups in total. The third-order valence-electron chi connectivity index (χ3n) is 1.29. The van der Waals surface area contributed by atoms with E-state index in [9.17, 15) is 0 Å². The van der Waals surface area contributed by atoms with E-state index in [4.69, 9.17) is 0 Å². The molecule has 0 spiro atoms. The Labute approximate surface area is 86.4 Å². The second kappa shape index (κ2) is 7.88. The first-order chi connectivity index (χ1) is 3.93. The molecule has 0 aromatic heterocycles. The standard InChI is InChI=1S/C7H9.2ClH.Ti/c1-2-7-5-3-4-6-7;;;/h3-5H,1-2,6H2;2*1H;. The Kier molecular flexibility index (Phi) is 10.5. The first-order valence-corrected chi connectivity index (χ1v) is 4.03. The van der Waals surface area contributed by atoms with Gasteiger partial charge in [-0.2, -0.15) is 0 Å². The van der Waals surface area contributed by atoms with E-state index < -0.39 is 0 Å². The molecule has 0 bridgehead atoms. The molecule has 0 atom stereocenters. The molecule has 0 nitrogen and oxygen atoms in total. The predicted octanol–water partition coefficient (Wildman–Crippen LogP) is 3.07. The SMILES string of the molecule is Cl.Cl.[Ti][CH2]CC1=CC=CC1. The molecule has 0 aliphatic heterocycles. The van der Waals surface area contributed by atoms with Crippen molar-refractivity contribution in [3.63, 3.8) is 0 Å². The maximum atomic E-state index is 2.23. The van der Waals surface area contributed by atoms with Crippen LogP contribution in [0.3, 0.4) is 0 Å². The molecule has 57 valence electrons. The Morgan fingerprint density at radius 3 is 2.50 bits per heavy atom. The molecule has 0 radical (unpaired) electrons. The molecule has 1 rings (SSSR count). The Balaban J connectivity index is 0. The number of halogens is 2. The van der Waals surface area contributed by atoms with Crippen LogP contribution in [-0.4, -0.2) is 0 Å². The first-order valence-electron chi connectivity index (χ1n) is 2.92. The van der Waals surface area contributed by atoms with Gasteiger partial charge in [0.2, 0.25) is 0 Å². The van der Waals surface area contributed by atoms with Crippen LogP contribution in [0.1, 0.15) is 12.8 Å². The van der Waals surface area contributed by atoms with Crippen molar-refractivity contribution >= 4 is 24.8 Å². The number of hydrogen-bond donors (Lipinski definition) is 0. The summed E-state index contributed by atoms with van der Waals surface area (Å²) >= 11 is 2.22. The van der Waals surface area contributed by atoms with Crippen molar-refractivity contribution in [2.45, 2.75) is 17.6 Å². The molecular formula is C7H11Cl2Ti. The van der Waals surface area contributed by atoms with Gasteiger partial charge in [0, 0.05) is 0 Å². The zero-order chi connectivity index (χ0) is 5.82. The first kappa shape index (κ1) is 13.4. The molecule has 1 aliphatic rings. The van der Waals surface area contributed by atoms with E-state index in [-0.39, 0.29) is 24.8 Å². The summed E-state index contributed by atoms with van der Waals surface area (Å²) in [5.41, 5.74) is 1.59. The Morgan fingerprint density at radius 1 is 1.40 bits per heavy atom. The van der Waals surface area contributed by atoms with Crippen molar-refractivity contribution in [2.24, 2.45) is 0 Å². The van der Waals surface area contributed by atoms with E-state index in [0.29, 0.717) is 0 Å². The summed E-state index contributed by atoms with van der Waals surface area (Å²) < 4.78 is 1.29. The van der Waals surface area contributed by atoms with E-state index in [0.717, 1.165) is 0 Å². The van der Waals surface area contributed by atoms with Gasteiger partial charge >= 0.3 is 61.8 Å². The minimum absolute atomic E-state index is 0. The molecule has 0 saturated heterocycles. The minimum atomic E-state index is 0. The fourth-order valence-corrected chi connectivity index (χ4v) is 1.34. The summed E-state index contributed by atoms with van der Waals surface area (Å²) in [7, 11) is 0. The van der Waals surface area contributed by atoms with E-state index in [1.54, 1.807) is 5.57 Å². The molecule has 0 unspecified atom stereocenters. The van der Waals surface area contributed by atoms with Crippen molar-refractivity contribution in [1.29, 1.82) is 0 Å². The van der Waals surface area contributed by atoms with Gasteiger partial charge in [-0.05, 0) is 0 Å². The van der Waals surface area contributed by atoms with Crippen LogP contribution < -0.4 is 0 Å². The van der Waals surface area contributed by atoms with Gasteiger partial charge in [0.05, 0.1) is 0 Å². The molecule has 0 heterocycles. The van der Waals surface area contributed by atoms with Gasteiger partial charge in [-0.3, -0.25) is 0 Å². The molecule has 1 aliphatic carbocycles. The molecule has 10 heavy (non-hydrogen) atoms. The molecule has 0 fully saturated rings. The Hall–Kier alpha value is 0.774. The average Bonchev–Trinajstić information content (AvgIpc) is 2.19. The van der Waals surface area contributed by atoms with Gasteiger partial charge in [0.15, 0.2) is 0 Å².